The van der Waals surface area contributed by atoms with Crippen molar-refractivity contribution in [1.82, 2.24) is 15.3 Å². The molecule has 7 heteroatoms. The number of benzene rings is 1. The van der Waals surface area contributed by atoms with Crippen molar-refractivity contribution in [2.24, 2.45) is 0 Å². The van der Waals surface area contributed by atoms with Crippen LogP contribution < -0.4 is 10.1 Å². The summed E-state index contributed by atoms with van der Waals surface area (Å²) in [5, 5.41) is 3.12. The first kappa shape index (κ1) is 14.8. The van der Waals surface area contributed by atoms with Crippen molar-refractivity contribution in [3.05, 3.63) is 46.2 Å². The molecule has 0 saturated heterocycles. The van der Waals surface area contributed by atoms with Crippen LogP contribution in [0.2, 0.25) is 0 Å². The van der Waals surface area contributed by atoms with Gasteiger partial charge in [0.05, 0.1) is 0 Å². The minimum absolute atomic E-state index is 0.0401. The molecule has 4 nitrogen and oxygen atoms in total. The maximum Gasteiger partial charge on any atom is 0.321 e. The van der Waals surface area contributed by atoms with E-state index in [1.54, 1.807) is 12.4 Å². The van der Waals surface area contributed by atoms with E-state index in [1.165, 1.54) is 6.07 Å². The SMILES string of the molecule is CCNCc1cnc(Oc2cc(Br)cc(F)c2F)nc1. The first-order valence-corrected chi connectivity index (χ1v) is 6.73. The second-order valence-electron chi connectivity index (χ2n) is 3.96. The Morgan fingerprint density at radius 1 is 1.25 bits per heavy atom. The molecule has 0 atom stereocenters. The number of aromatic nitrogens is 2. The molecular formula is C13H12BrF2N3O. The fraction of sp³-hybridized carbons (Fsp3) is 0.231. The molecular weight excluding hydrogens is 332 g/mol. The van der Waals surface area contributed by atoms with Crippen molar-refractivity contribution in [1.29, 1.82) is 0 Å². The van der Waals surface area contributed by atoms with E-state index in [4.69, 9.17) is 4.74 Å². The molecule has 0 radical (unpaired) electrons. The quantitative estimate of drug-likeness (QED) is 0.845. The Labute approximate surface area is 123 Å². The van der Waals surface area contributed by atoms with Crippen LogP contribution in [0, 0.1) is 11.6 Å². The van der Waals surface area contributed by atoms with Gasteiger partial charge >= 0.3 is 6.01 Å². The van der Waals surface area contributed by atoms with Crippen LogP contribution in [0.1, 0.15) is 12.5 Å². The highest BCUT2D eigenvalue weighted by Gasteiger charge is 2.13. The third-order valence-electron chi connectivity index (χ3n) is 2.42. The highest BCUT2D eigenvalue weighted by atomic mass is 79.9. The normalized spacial score (nSPS) is 10.6. The minimum atomic E-state index is -1.08. The number of rotatable bonds is 5. The van der Waals surface area contributed by atoms with Crippen LogP contribution in [0.4, 0.5) is 8.78 Å². The summed E-state index contributed by atoms with van der Waals surface area (Å²) in [5.41, 5.74) is 0.875. The summed E-state index contributed by atoms with van der Waals surface area (Å²) >= 11 is 3.06. The largest absolute Gasteiger partial charge is 0.421 e. The molecule has 0 spiro atoms. The molecule has 0 aliphatic rings. The summed E-state index contributed by atoms with van der Waals surface area (Å²) < 4.78 is 32.3. The zero-order valence-electron chi connectivity index (χ0n) is 10.7. The van der Waals surface area contributed by atoms with Gasteiger partial charge < -0.3 is 10.1 Å². The van der Waals surface area contributed by atoms with Crippen molar-refractivity contribution in [3.8, 4) is 11.8 Å². The molecule has 0 unspecified atom stereocenters. The molecule has 2 rings (SSSR count). The molecule has 1 aromatic heterocycles. The van der Waals surface area contributed by atoms with Crippen LogP contribution in [-0.2, 0) is 6.54 Å². The molecule has 2 aromatic rings. The number of hydrogen-bond acceptors (Lipinski definition) is 4. The Morgan fingerprint density at radius 2 is 1.95 bits per heavy atom. The summed E-state index contributed by atoms with van der Waals surface area (Å²) in [6.07, 6.45) is 3.13. The van der Waals surface area contributed by atoms with Crippen LogP contribution in [0.5, 0.6) is 11.8 Å². The Balaban J connectivity index is 2.14. The van der Waals surface area contributed by atoms with Gasteiger partial charge in [0.2, 0.25) is 5.82 Å². The van der Waals surface area contributed by atoms with Gasteiger partial charge in [0.25, 0.3) is 0 Å². The lowest BCUT2D eigenvalue weighted by molar-refractivity contribution is 0.392. The molecule has 0 amide bonds. The number of hydrogen-bond donors (Lipinski definition) is 1. The van der Waals surface area contributed by atoms with E-state index in [0.29, 0.717) is 11.0 Å². The van der Waals surface area contributed by atoms with Crippen molar-refractivity contribution >= 4 is 15.9 Å². The fourth-order valence-electron chi connectivity index (χ4n) is 1.46. The van der Waals surface area contributed by atoms with Gasteiger partial charge in [0.15, 0.2) is 11.6 Å². The molecule has 1 heterocycles. The van der Waals surface area contributed by atoms with Crippen LogP contribution in [0.15, 0.2) is 29.0 Å². The summed E-state index contributed by atoms with van der Waals surface area (Å²) in [6.45, 7) is 3.46. The zero-order chi connectivity index (χ0) is 14.5. The maximum atomic E-state index is 13.5. The van der Waals surface area contributed by atoms with E-state index in [9.17, 15) is 8.78 Å². The molecule has 0 saturated carbocycles. The van der Waals surface area contributed by atoms with Crippen molar-refractivity contribution in [3.63, 3.8) is 0 Å². The molecule has 0 aliphatic carbocycles. The lowest BCUT2D eigenvalue weighted by atomic mass is 10.3. The van der Waals surface area contributed by atoms with Gasteiger partial charge in [0, 0.05) is 29.0 Å². The molecule has 0 bridgehead atoms. The van der Waals surface area contributed by atoms with E-state index in [1.807, 2.05) is 6.92 Å². The van der Waals surface area contributed by atoms with Crippen LogP contribution in [0.25, 0.3) is 0 Å². The summed E-state index contributed by atoms with van der Waals surface area (Å²) in [7, 11) is 0. The van der Waals surface area contributed by atoms with Gasteiger partial charge in [-0.05, 0) is 18.7 Å². The Morgan fingerprint density at radius 3 is 2.60 bits per heavy atom. The van der Waals surface area contributed by atoms with E-state index in [0.717, 1.165) is 18.2 Å². The second-order valence-corrected chi connectivity index (χ2v) is 4.87. The third kappa shape index (κ3) is 3.71. The average molecular weight is 344 g/mol. The zero-order valence-corrected chi connectivity index (χ0v) is 12.2. The first-order chi connectivity index (χ1) is 9.60. The van der Waals surface area contributed by atoms with Crippen LogP contribution in [-0.4, -0.2) is 16.5 Å². The van der Waals surface area contributed by atoms with Gasteiger partial charge in [-0.2, -0.15) is 4.39 Å². The summed E-state index contributed by atoms with van der Waals surface area (Å²) in [6, 6.07) is 2.29. The lowest BCUT2D eigenvalue weighted by Gasteiger charge is -2.07. The van der Waals surface area contributed by atoms with Crippen molar-refractivity contribution < 1.29 is 13.5 Å². The number of ether oxygens (including phenoxy) is 1. The molecule has 0 fully saturated rings. The highest BCUT2D eigenvalue weighted by molar-refractivity contribution is 9.10. The van der Waals surface area contributed by atoms with E-state index >= 15 is 0 Å². The van der Waals surface area contributed by atoms with Crippen molar-refractivity contribution in [2.45, 2.75) is 13.5 Å². The van der Waals surface area contributed by atoms with Gasteiger partial charge in [0.1, 0.15) is 0 Å². The molecule has 1 N–H and O–H groups in total. The monoisotopic (exact) mass is 343 g/mol. The third-order valence-corrected chi connectivity index (χ3v) is 2.88. The Bertz CT molecular complexity index is 593. The second kappa shape index (κ2) is 6.71. The van der Waals surface area contributed by atoms with E-state index in [2.05, 4.69) is 31.2 Å². The number of nitrogens with one attached hydrogen (secondary N) is 1. The molecule has 106 valence electrons. The Hall–Kier alpha value is -1.60. The van der Waals surface area contributed by atoms with E-state index in [-0.39, 0.29) is 11.8 Å². The number of nitrogens with zero attached hydrogens (tertiary/aromatic N) is 2. The summed E-state index contributed by atoms with van der Waals surface area (Å²) in [5.74, 6) is -2.34. The van der Waals surface area contributed by atoms with Crippen molar-refractivity contribution in [2.75, 3.05) is 6.54 Å². The minimum Gasteiger partial charge on any atom is -0.421 e. The topological polar surface area (TPSA) is 47.0 Å². The average Bonchev–Trinajstić information content (AvgIpc) is 2.43. The number of halogens is 3. The molecule has 1 aromatic carbocycles. The van der Waals surface area contributed by atoms with Crippen LogP contribution in [0.3, 0.4) is 0 Å². The smallest absolute Gasteiger partial charge is 0.321 e. The van der Waals surface area contributed by atoms with E-state index < -0.39 is 11.6 Å². The van der Waals surface area contributed by atoms with Gasteiger partial charge in [-0.3, -0.25) is 0 Å². The fourth-order valence-corrected chi connectivity index (χ4v) is 1.87. The van der Waals surface area contributed by atoms with Gasteiger partial charge in [-0.15, -0.1) is 0 Å². The first-order valence-electron chi connectivity index (χ1n) is 5.94. The van der Waals surface area contributed by atoms with Crippen LogP contribution >= 0.6 is 15.9 Å². The predicted molar refractivity (Wildman–Crippen MR) is 73.5 cm³/mol. The molecule has 20 heavy (non-hydrogen) atoms. The van der Waals surface area contributed by atoms with Gasteiger partial charge in [-0.1, -0.05) is 22.9 Å². The Kier molecular flexibility index (Phi) is 4.97. The maximum absolute atomic E-state index is 13.5. The lowest BCUT2D eigenvalue weighted by Crippen LogP contribution is -2.12. The van der Waals surface area contributed by atoms with Gasteiger partial charge in [-0.25, -0.2) is 14.4 Å². The summed E-state index contributed by atoms with van der Waals surface area (Å²) in [4.78, 5) is 7.90. The highest BCUT2D eigenvalue weighted by Crippen LogP contribution is 2.27. The molecule has 0 aliphatic heterocycles. The predicted octanol–water partition coefficient (Wildman–Crippen LogP) is 3.42. The standard InChI is InChI=1S/C13H12BrF2N3O/c1-2-17-5-8-6-18-13(19-7-8)20-11-4-9(14)3-10(15)12(11)16/h3-4,6-7,17H,2,5H2,1H3.